The first kappa shape index (κ1) is 14.7. The summed E-state index contributed by atoms with van der Waals surface area (Å²) >= 11 is 0. The third-order valence-corrected chi connectivity index (χ3v) is 3.20. The van der Waals surface area contributed by atoms with Crippen molar-refractivity contribution in [3.63, 3.8) is 0 Å². The predicted molar refractivity (Wildman–Crippen MR) is 76.6 cm³/mol. The number of benzene rings is 1. The van der Waals surface area contributed by atoms with Crippen LogP contribution >= 0.6 is 0 Å². The van der Waals surface area contributed by atoms with Crippen LogP contribution in [0.2, 0.25) is 0 Å². The van der Waals surface area contributed by atoms with E-state index in [-0.39, 0.29) is 0 Å². The van der Waals surface area contributed by atoms with Gasteiger partial charge in [-0.2, -0.15) is 4.98 Å². The van der Waals surface area contributed by atoms with Gasteiger partial charge in [-0.15, -0.1) is 0 Å². The second-order valence-corrected chi connectivity index (χ2v) is 4.87. The number of hydrogen-bond acceptors (Lipinski definition) is 5. The van der Waals surface area contributed by atoms with Crippen molar-refractivity contribution < 1.29 is 9.26 Å². The highest BCUT2D eigenvalue weighted by atomic mass is 16.5. The van der Waals surface area contributed by atoms with Gasteiger partial charge in [0, 0.05) is 20.1 Å². The summed E-state index contributed by atoms with van der Waals surface area (Å²) in [6.07, 6.45) is 0.697. The maximum Gasteiger partial charge on any atom is 0.240 e. The van der Waals surface area contributed by atoms with Gasteiger partial charge in [0.1, 0.15) is 0 Å². The molecule has 5 heteroatoms. The van der Waals surface area contributed by atoms with Crippen molar-refractivity contribution in [3.05, 3.63) is 46.6 Å². The third kappa shape index (κ3) is 4.15. The van der Waals surface area contributed by atoms with Crippen LogP contribution < -0.4 is 5.32 Å². The molecule has 0 atom stereocenters. The molecule has 0 spiro atoms. The van der Waals surface area contributed by atoms with E-state index in [1.165, 1.54) is 16.7 Å². The lowest BCUT2D eigenvalue weighted by Gasteiger charge is -2.02. The van der Waals surface area contributed by atoms with E-state index in [9.17, 15) is 0 Å². The molecule has 1 aromatic carbocycles. The van der Waals surface area contributed by atoms with Gasteiger partial charge in [0.25, 0.3) is 0 Å². The molecule has 0 radical (unpaired) electrons. The van der Waals surface area contributed by atoms with E-state index in [0.29, 0.717) is 25.5 Å². The van der Waals surface area contributed by atoms with Crippen molar-refractivity contribution in [1.82, 2.24) is 15.5 Å². The van der Waals surface area contributed by atoms with E-state index in [1.54, 1.807) is 7.11 Å². The molecule has 0 aliphatic carbocycles. The Balaban J connectivity index is 1.90. The first-order valence-corrected chi connectivity index (χ1v) is 6.76. The van der Waals surface area contributed by atoms with Crippen LogP contribution in [0.25, 0.3) is 0 Å². The van der Waals surface area contributed by atoms with Crippen LogP contribution in [0.4, 0.5) is 0 Å². The Morgan fingerprint density at radius 2 is 2.10 bits per heavy atom. The fourth-order valence-corrected chi connectivity index (χ4v) is 1.90. The molecule has 0 saturated heterocycles. The largest absolute Gasteiger partial charge is 0.383 e. The number of aromatic nitrogens is 2. The molecule has 108 valence electrons. The molecule has 2 aromatic rings. The zero-order valence-corrected chi connectivity index (χ0v) is 12.3. The average molecular weight is 275 g/mol. The van der Waals surface area contributed by atoms with Gasteiger partial charge in [0.05, 0.1) is 13.2 Å². The van der Waals surface area contributed by atoms with E-state index < -0.39 is 0 Å². The molecule has 0 aliphatic heterocycles. The van der Waals surface area contributed by atoms with Crippen molar-refractivity contribution in [2.45, 2.75) is 26.8 Å². The second kappa shape index (κ2) is 7.17. The quantitative estimate of drug-likeness (QED) is 0.783. The maximum atomic E-state index is 5.21. The second-order valence-electron chi connectivity index (χ2n) is 4.87. The maximum absolute atomic E-state index is 5.21. The van der Waals surface area contributed by atoms with Gasteiger partial charge < -0.3 is 14.6 Å². The fraction of sp³-hybridized carbons (Fsp3) is 0.467. The summed E-state index contributed by atoms with van der Waals surface area (Å²) in [5, 5.41) is 7.18. The van der Waals surface area contributed by atoms with Crippen molar-refractivity contribution in [3.8, 4) is 0 Å². The molecule has 0 bridgehead atoms. The standard InChI is InChI=1S/C15H21N3O2/c1-11-4-5-13(8-12(11)2)9-14-17-15(20-18-14)10-16-6-7-19-3/h4-5,8,16H,6-7,9-10H2,1-3H3. The van der Waals surface area contributed by atoms with Gasteiger partial charge in [-0.1, -0.05) is 23.4 Å². The van der Waals surface area contributed by atoms with Crippen molar-refractivity contribution in [2.75, 3.05) is 20.3 Å². The topological polar surface area (TPSA) is 60.2 Å². The van der Waals surface area contributed by atoms with Crippen LogP contribution in [0.5, 0.6) is 0 Å². The molecular formula is C15H21N3O2. The number of methoxy groups -OCH3 is 1. The van der Waals surface area contributed by atoms with Crippen molar-refractivity contribution in [2.24, 2.45) is 0 Å². The monoisotopic (exact) mass is 275 g/mol. The summed E-state index contributed by atoms with van der Waals surface area (Å²) < 4.78 is 10.2. The number of nitrogens with one attached hydrogen (secondary N) is 1. The molecule has 0 unspecified atom stereocenters. The summed E-state index contributed by atoms with van der Waals surface area (Å²) in [7, 11) is 1.68. The number of nitrogens with zero attached hydrogens (tertiary/aromatic N) is 2. The smallest absolute Gasteiger partial charge is 0.240 e. The molecule has 2 rings (SSSR count). The number of aryl methyl sites for hydroxylation is 2. The van der Waals surface area contributed by atoms with E-state index in [0.717, 1.165) is 12.4 Å². The SMILES string of the molecule is COCCNCc1nc(Cc2ccc(C)c(C)c2)no1. The lowest BCUT2D eigenvalue weighted by molar-refractivity contribution is 0.197. The van der Waals surface area contributed by atoms with Gasteiger partial charge in [0.15, 0.2) is 5.82 Å². The highest BCUT2D eigenvalue weighted by Crippen LogP contribution is 2.12. The van der Waals surface area contributed by atoms with E-state index in [4.69, 9.17) is 9.26 Å². The zero-order chi connectivity index (χ0) is 14.4. The minimum atomic E-state index is 0.573. The molecule has 0 aliphatic rings. The number of rotatable bonds is 7. The van der Waals surface area contributed by atoms with Crippen LogP contribution in [0.1, 0.15) is 28.4 Å². The van der Waals surface area contributed by atoms with Crippen LogP contribution in [0.3, 0.4) is 0 Å². The Hall–Kier alpha value is -1.72. The lowest BCUT2D eigenvalue weighted by Crippen LogP contribution is -2.18. The molecule has 20 heavy (non-hydrogen) atoms. The Bertz CT molecular complexity index is 552. The molecule has 1 N–H and O–H groups in total. The van der Waals surface area contributed by atoms with Gasteiger partial charge in [-0.25, -0.2) is 0 Å². The minimum Gasteiger partial charge on any atom is -0.383 e. The Kier molecular flexibility index (Phi) is 5.26. The third-order valence-electron chi connectivity index (χ3n) is 3.20. The summed E-state index contributed by atoms with van der Waals surface area (Å²) in [5.41, 5.74) is 3.78. The van der Waals surface area contributed by atoms with Gasteiger partial charge in [0.2, 0.25) is 5.89 Å². The van der Waals surface area contributed by atoms with Crippen LogP contribution in [-0.4, -0.2) is 30.4 Å². The zero-order valence-electron chi connectivity index (χ0n) is 12.3. The van der Waals surface area contributed by atoms with E-state index in [2.05, 4.69) is 47.5 Å². The first-order valence-electron chi connectivity index (χ1n) is 6.76. The van der Waals surface area contributed by atoms with Crippen molar-refractivity contribution >= 4 is 0 Å². The number of hydrogen-bond donors (Lipinski definition) is 1. The average Bonchev–Trinajstić information content (AvgIpc) is 2.87. The van der Waals surface area contributed by atoms with Gasteiger partial charge in [-0.05, 0) is 30.5 Å². The summed E-state index contributed by atoms with van der Waals surface area (Å²) in [6, 6.07) is 6.40. The summed E-state index contributed by atoms with van der Waals surface area (Å²) in [4.78, 5) is 4.37. The van der Waals surface area contributed by atoms with Crippen LogP contribution in [0, 0.1) is 13.8 Å². The summed E-state index contributed by atoms with van der Waals surface area (Å²) in [5.74, 6) is 1.33. The van der Waals surface area contributed by atoms with Crippen LogP contribution in [-0.2, 0) is 17.7 Å². The minimum absolute atomic E-state index is 0.573. The Morgan fingerprint density at radius 3 is 2.85 bits per heavy atom. The normalized spacial score (nSPS) is 10.9. The van der Waals surface area contributed by atoms with Gasteiger partial charge >= 0.3 is 0 Å². The lowest BCUT2D eigenvalue weighted by atomic mass is 10.0. The fourth-order valence-electron chi connectivity index (χ4n) is 1.90. The summed E-state index contributed by atoms with van der Waals surface area (Å²) in [6.45, 7) is 6.23. The van der Waals surface area contributed by atoms with E-state index >= 15 is 0 Å². The molecule has 0 saturated carbocycles. The van der Waals surface area contributed by atoms with E-state index in [1.807, 2.05) is 0 Å². The Labute approximate surface area is 119 Å². The molecular weight excluding hydrogens is 254 g/mol. The molecule has 0 fully saturated rings. The highest BCUT2D eigenvalue weighted by molar-refractivity contribution is 5.31. The molecule has 0 amide bonds. The molecule has 5 nitrogen and oxygen atoms in total. The Morgan fingerprint density at radius 1 is 1.25 bits per heavy atom. The molecule has 1 aromatic heterocycles. The predicted octanol–water partition coefficient (Wildman–Crippen LogP) is 2.01. The van der Waals surface area contributed by atoms with Crippen LogP contribution in [0.15, 0.2) is 22.7 Å². The highest BCUT2D eigenvalue weighted by Gasteiger charge is 2.07. The number of ether oxygens (including phenoxy) is 1. The van der Waals surface area contributed by atoms with Gasteiger partial charge in [-0.3, -0.25) is 0 Å². The van der Waals surface area contributed by atoms with Crippen molar-refractivity contribution in [1.29, 1.82) is 0 Å². The molecule has 1 heterocycles. The first-order chi connectivity index (χ1) is 9.69.